The minimum absolute atomic E-state index is 0.0225. The third-order valence-electron chi connectivity index (χ3n) is 11.2. The van der Waals surface area contributed by atoms with E-state index in [0.29, 0.717) is 6.61 Å². The molecule has 0 heterocycles. The molecule has 5 aromatic carbocycles. The predicted octanol–water partition coefficient (Wildman–Crippen LogP) is 9.86. The number of ether oxygens (including phenoxy) is 2. The van der Waals surface area contributed by atoms with Gasteiger partial charge in [0.2, 0.25) is 0 Å². The van der Waals surface area contributed by atoms with Crippen LogP contribution in [0.5, 0.6) is 5.75 Å². The number of hydrogen-bond acceptors (Lipinski definition) is 5. The van der Waals surface area contributed by atoms with Crippen molar-refractivity contribution in [1.82, 2.24) is 0 Å². The number of carboxylic acids is 1. The molecule has 0 fully saturated rings. The first-order chi connectivity index (χ1) is 28.7. The molecule has 316 valence electrons. The van der Waals surface area contributed by atoms with Gasteiger partial charge >= 0.3 is 5.97 Å². The van der Waals surface area contributed by atoms with Crippen LogP contribution >= 0.6 is 0 Å². The fourth-order valence-electron chi connectivity index (χ4n) is 8.21. The summed E-state index contributed by atoms with van der Waals surface area (Å²) in [6.07, 6.45) is 8.49. The summed E-state index contributed by atoms with van der Waals surface area (Å²) in [7, 11) is -4.39. The molecular formula is C52H64O6Si2. The van der Waals surface area contributed by atoms with E-state index in [2.05, 4.69) is 164 Å². The summed E-state index contributed by atoms with van der Waals surface area (Å²) in [5.74, 6) is -0.201. The largest absolute Gasteiger partial charge is 0.497 e. The Morgan fingerprint density at radius 1 is 0.600 bits per heavy atom. The number of methoxy groups -OCH3 is 1. The summed E-state index contributed by atoms with van der Waals surface area (Å²) in [5, 5.41) is 14.0. The normalized spacial score (nSPS) is 14.3. The lowest BCUT2D eigenvalue weighted by molar-refractivity contribution is -0.131. The minimum atomic E-state index is -3.07. The molecule has 6 nitrogen and oxygen atoms in total. The third kappa shape index (κ3) is 11.5. The highest BCUT2D eigenvalue weighted by Gasteiger charge is 2.52. The number of hydrogen-bond donors (Lipinski definition) is 1. The van der Waals surface area contributed by atoms with Gasteiger partial charge in [0.25, 0.3) is 16.6 Å². The van der Waals surface area contributed by atoms with Crippen LogP contribution in [0.25, 0.3) is 0 Å². The SMILES string of the molecule is COc1ccc(CO[C@@H](C)CCC[C@H](/C=C\[C@@H](/C=C/C(=O)O)O[Si](c2ccccc2)(c2ccccc2)C(C)(C)C)O[Si](c2ccccc2)(c2ccccc2)C(C)(C)C)cc1. The second kappa shape index (κ2) is 21.1. The monoisotopic (exact) mass is 840 g/mol. The second-order valence-electron chi connectivity index (χ2n) is 17.5. The number of benzene rings is 5. The zero-order valence-electron chi connectivity index (χ0n) is 36.7. The van der Waals surface area contributed by atoms with Crippen molar-refractivity contribution in [3.05, 3.63) is 175 Å². The van der Waals surface area contributed by atoms with Crippen LogP contribution in [-0.2, 0) is 25.0 Å². The molecule has 0 bridgehead atoms. The summed E-state index contributed by atoms with van der Waals surface area (Å²) >= 11 is 0. The lowest BCUT2D eigenvalue weighted by Gasteiger charge is -2.45. The standard InChI is InChI=1S/C52H64O6Si2/c1-41(56-40-42-32-34-43(55-8)35-33-42)22-21-23-44(57-59(51(2,3)4,46-24-13-9-14-25-46)47-26-15-10-16-27-47)36-37-45(38-39-50(53)54)58-60(52(5,6)7,48-28-17-11-18-29-48)49-30-19-12-20-31-49/h9-20,24-39,41,44-45H,21-23,40H2,1-8H3,(H,53,54)/b37-36-,39-38+/t41-,44+,45-/m0/s1. The predicted molar refractivity (Wildman–Crippen MR) is 252 cm³/mol. The van der Waals surface area contributed by atoms with Crippen LogP contribution in [0, 0.1) is 0 Å². The Hall–Kier alpha value is -4.84. The highest BCUT2D eigenvalue weighted by atomic mass is 28.4. The maximum Gasteiger partial charge on any atom is 0.328 e. The molecule has 0 aromatic heterocycles. The first-order valence-electron chi connectivity index (χ1n) is 21.1. The smallest absolute Gasteiger partial charge is 0.328 e. The van der Waals surface area contributed by atoms with Gasteiger partial charge in [-0.3, -0.25) is 0 Å². The molecule has 0 aliphatic carbocycles. The van der Waals surface area contributed by atoms with Crippen molar-refractivity contribution in [3.8, 4) is 5.75 Å². The van der Waals surface area contributed by atoms with Crippen LogP contribution in [0.3, 0.4) is 0 Å². The maximum absolute atomic E-state index is 12.1. The van der Waals surface area contributed by atoms with Gasteiger partial charge < -0.3 is 23.4 Å². The van der Waals surface area contributed by atoms with Crippen molar-refractivity contribution >= 4 is 43.4 Å². The van der Waals surface area contributed by atoms with E-state index in [1.54, 1.807) is 13.2 Å². The fraction of sp³-hybridized carbons (Fsp3) is 0.327. The molecule has 5 aromatic rings. The van der Waals surface area contributed by atoms with Gasteiger partial charge in [0, 0.05) is 6.08 Å². The zero-order chi connectivity index (χ0) is 43.2. The van der Waals surface area contributed by atoms with Crippen molar-refractivity contribution in [3.63, 3.8) is 0 Å². The fourth-order valence-corrected chi connectivity index (χ4v) is 17.5. The lowest BCUT2D eigenvalue weighted by Crippen LogP contribution is -2.67. The van der Waals surface area contributed by atoms with Gasteiger partial charge in [0.15, 0.2) is 0 Å². The Labute approximate surface area is 361 Å². The van der Waals surface area contributed by atoms with Crippen molar-refractivity contribution in [2.24, 2.45) is 0 Å². The van der Waals surface area contributed by atoms with E-state index >= 15 is 0 Å². The molecule has 0 aliphatic heterocycles. The van der Waals surface area contributed by atoms with Crippen molar-refractivity contribution in [2.45, 2.75) is 103 Å². The van der Waals surface area contributed by atoms with E-state index in [9.17, 15) is 9.90 Å². The van der Waals surface area contributed by atoms with Gasteiger partial charge in [-0.15, -0.1) is 0 Å². The van der Waals surface area contributed by atoms with E-state index in [1.807, 2.05) is 42.5 Å². The maximum atomic E-state index is 12.1. The quantitative estimate of drug-likeness (QED) is 0.0478. The highest BCUT2D eigenvalue weighted by molar-refractivity contribution is 7.00. The molecule has 0 saturated carbocycles. The molecule has 60 heavy (non-hydrogen) atoms. The van der Waals surface area contributed by atoms with Crippen LogP contribution in [0.1, 0.15) is 73.3 Å². The first-order valence-corrected chi connectivity index (χ1v) is 24.9. The summed E-state index contributed by atoms with van der Waals surface area (Å²) in [6, 6.07) is 50.3. The molecule has 0 aliphatic rings. The minimum Gasteiger partial charge on any atom is -0.497 e. The Balaban J connectivity index is 1.56. The summed E-state index contributed by atoms with van der Waals surface area (Å²) in [5.41, 5.74) is 1.10. The summed E-state index contributed by atoms with van der Waals surface area (Å²) in [4.78, 5) is 12.1. The third-order valence-corrected chi connectivity index (χ3v) is 21.3. The van der Waals surface area contributed by atoms with E-state index in [4.69, 9.17) is 18.3 Å². The van der Waals surface area contributed by atoms with Crippen molar-refractivity contribution < 1.29 is 28.2 Å². The Bertz CT molecular complexity index is 2010. The lowest BCUT2D eigenvalue weighted by atomic mass is 10.1. The topological polar surface area (TPSA) is 74.2 Å². The molecule has 3 atom stereocenters. The molecule has 0 saturated heterocycles. The van der Waals surface area contributed by atoms with Crippen LogP contribution in [-0.4, -0.2) is 53.1 Å². The number of carbonyl (C=O) groups is 1. The first kappa shape index (κ1) is 46.2. The van der Waals surface area contributed by atoms with Gasteiger partial charge in [-0.25, -0.2) is 4.79 Å². The molecule has 8 heteroatoms. The number of carboxylic acid groups (broad SMARTS) is 1. The van der Waals surface area contributed by atoms with E-state index < -0.39 is 28.7 Å². The molecule has 5 rings (SSSR count). The van der Waals surface area contributed by atoms with Gasteiger partial charge in [-0.2, -0.15) is 0 Å². The van der Waals surface area contributed by atoms with Gasteiger partial charge in [-0.1, -0.05) is 187 Å². The molecule has 0 unspecified atom stereocenters. The summed E-state index contributed by atoms with van der Waals surface area (Å²) < 4.78 is 26.9. The van der Waals surface area contributed by atoms with Gasteiger partial charge in [0.05, 0.1) is 32.0 Å². The molecule has 0 radical (unpaired) electrons. The van der Waals surface area contributed by atoms with Crippen LogP contribution in [0.2, 0.25) is 10.1 Å². The van der Waals surface area contributed by atoms with Gasteiger partial charge in [0.1, 0.15) is 5.75 Å². The van der Waals surface area contributed by atoms with E-state index in [0.717, 1.165) is 40.9 Å². The van der Waals surface area contributed by atoms with Crippen molar-refractivity contribution in [1.29, 1.82) is 0 Å². The molecule has 1 N–H and O–H groups in total. The van der Waals surface area contributed by atoms with Gasteiger partial charge in [-0.05, 0) is 80.8 Å². The average molecular weight is 841 g/mol. The zero-order valence-corrected chi connectivity index (χ0v) is 38.7. The van der Waals surface area contributed by atoms with Crippen LogP contribution in [0.4, 0.5) is 0 Å². The molecule has 0 spiro atoms. The van der Waals surface area contributed by atoms with Crippen LogP contribution in [0.15, 0.2) is 170 Å². The molecule has 0 amide bonds. The Kier molecular flexibility index (Phi) is 16.3. The summed E-state index contributed by atoms with van der Waals surface area (Å²) in [6.45, 7) is 16.2. The second-order valence-corrected chi connectivity index (χ2v) is 26.1. The Morgan fingerprint density at radius 2 is 1.03 bits per heavy atom. The number of rotatable bonds is 20. The molecular weight excluding hydrogens is 777 g/mol. The van der Waals surface area contributed by atoms with Crippen LogP contribution < -0.4 is 25.5 Å². The van der Waals surface area contributed by atoms with E-state index in [-0.39, 0.29) is 22.3 Å². The number of aliphatic carboxylic acids is 1. The van der Waals surface area contributed by atoms with Crippen molar-refractivity contribution in [2.75, 3.05) is 7.11 Å². The average Bonchev–Trinajstić information content (AvgIpc) is 3.24. The van der Waals surface area contributed by atoms with E-state index in [1.165, 1.54) is 16.4 Å². The Morgan fingerprint density at radius 3 is 1.43 bits per heavy atom. The highest BCUT2D eigenvalue weighted by Crippen LogP contribution is 2.40.